The predicted molar refractivity (Wildman–Crippen MR) is 77.1 cm³/mol. The highest BCUT2D eigenvalue weighted by Crippen LogP contribution is 2.58. The molecular weight excluding hydrogens is 336 g/mol. The number of rotatable bonds is 7. The van der Waals surface area contributed by atoms with Crippen LogP contribution in [0, 0.1) is 0 Å². The summed E-state index contributed by atoms with van der Waals surface area (Å²) in [4.78, 5) is 0. The van der Waals surface area contributed by atoms with E-state index >= 15 is 0 Å². The standard InChI is InChI=1S/C10H18F3O4PS2/c1-5-15-18(14,16-6-2)8(10(11,12)13)17-9(19)20-7(3)4/h7-8H,5-6H2,1-4H3. The smallest absolute Gasteiger partial charge is 0.437 e. The number of thioether (sulfide) groups is 1. The van der Waals surface area contributed by atoms with Gasteiger partial charge in [0.1, 0.15) is 0 Å². The van der Waals surface area contributed by atoms with Gasteiger partial charge in [0.2, 0.25) is 4.38 Å². The maximum Gasteiger partial charge on any atom is 0.437 e. The van der Waals surface area contributed by atoms with E-state index in [1.54, 1.807) is 13.8 Å². The molecule has 0 bridgehead atoms. The largest absolute Gasteiger partial charge is 0.452 e. The molecule has 0 spiro atoms. The van der Waals surface area contributed by atoms with Crippen LogP contribution in [0.15, 0.2) is 0 Å². The number of ether oxygens (including phenoxy) is 1. The van der Waals surface area contributed by atoms with E-state index in [1.165, 1.54) is 13.8 Å². The second-order valence-electron chi connectivity index (χ2n) is 3.80. The zero-order valence-corrected chi connectivity index (χ0v) is 14.1. The van der Waals surface area contributed by atoms with E-state index in [4.69, 9.17) is 12.2 Å². The van der Waals surface area contributed by atoms with Gasteiger partial charge >= 0.3 is 13.8 Å². The number of hydrogen-bond donors (Lipinski definition) is 0. The summed E-state index contributed by atoms with van der Waals surface area (Å²) in [5.41, 5.74) is 0. The number of alkyl halides is 3. The average Bonchev–Trinajstić information content (AvgIpc) is 2.24. The summed E-state index contributed by atoms with van der Waals surface area (Å²) >= 11 is 5.65. The van der Waals surface area contributed by atoms with Crippen molar-refractivity contribution in [3.8, 4) is 0 Å². The molecule has 0 heterocycles. The van der Waals surface area contributed by atoms with Gasteiger partial charge < -0.3 is 13.8 Å². The van der Waals surface area contributed by atoms with Crippen molar-refractivity contribution in [2.45, 2.75) is 45.0 Å². The molecule has 0 aromatic heterocycles. The lowest BCUT2D eigenvalue weighted by molar-refractivity contribution is -0.177. The van der Waals surface area contributed by atoms with Gasteiger partial charge in [-0.3, -0.25) is 4.57 Å². The molecule has 0 aromatic carbocycles. The molecule has 0 aromatic rings. The Morgan fingerprint density at radius 2 is 1.70 bits per heavy atom. The van der Waals surface area contributed by atoms with E-state index in [2.05, 4.69) is 13.8 Å². The van der Waals surface area contributed by atoms with Crippen LogP contribution < -0.4 is 0 Å². The number of hydrogen-bond acceptors (Lipinski definition) is 6. The summed E-state index contributed by atoms with van der Waals surface area (Å²) in [6.07, 6.45) is -4.92. The fraction of sp³-hybridized carbons (Fsp3) is 0.900. The Kier molecular flexibility index (Phi) is 8.66. The van der Waals surface area contributed by atoms with Crippen LogP contribution in [0.1, 0.15) is 27.7 Å². The normalized spacial score (nSPS) is 14.4. The molecule has 0 fully saturated rings. The van der Waals surface area contributed by atoms with Crippen LogP contribution in [-0.2, 0) is 18.3 Å². The fourth-order valence-corrected chi connectivity index (χ4v) is 4.17. The Hall–Kier alpha value is 0.180. The highest BCUT2D eigenvalue weighted by molar-refractivity contribution is 8.23. The first kappa shape index (κ1) is 20.2. The highest BCUT2D eigenvalue weighted by atomic mass is 32.2. The summed E-state index contributed by atoms with van der Waals surface area (Å²) in [5, 5.41) is -0.0602. The van der Waals surface area contributed by atoms with Crippen LogP contribution in [0.2, 0.25) is 0 Å². The van der Waals surface area contributed by atoms with Crippen LogP contribution in [0.3, 0.4) is 0 Å². The van der Waals surface area contributed by atoms with E-state index in [9.17, 15) is 17.7 Å². The third-order valence-electron chi connectivity index (χ3n) is 1.73. The molecule has 0 amide bonds. The van der Waals surface area contributed by atoms with Gasteiger partial charge in [-0.05, 0) is 26.1 Å². The first-order chi connectivity index (χ1) is 9.06. The van der Waals surface area contributed by atoms with Gasteiger partial charge in [-0.1, -0.05) is 25.6 Å². The Morgan fingerprint density at radius 3 is 2.00 bits per heavy atom. The molecule has 4 nitrogen and oxygen atoms in total. The van der Waals surface area contributed by atoms with Crippen LogP contribution in [0.25, 0.3) is 0 Å². The molecule has 0 rings (SSSR count). The van der Waals surface area contributed by atoms with Crippen molar-refractivity contribution in [1.29, 1.82) is 0 Å². The van der Waals surface area contributed by atoms with E-state index in [0.717, 1.165) is 11.8 Å². The lowest BCUT2D eigenvalue weighted by atomic mass is 10.6. The minimum atomic E-state index is -4.92. The lowest BCUT2D eigenvalue weighted by Crippen LogP contribution is -2.34. The molecule has 0 N–H and O–H groups in total. The van der Waals surface area contributed by atoms with E-state index in [0.29, 0.717) is 0 Å². The SMILES string of the molecule is CCOP(=O)(OCC)C(OC(=S)SC(C)C)C(F)(F)F. The summed E-state index contributed by atoms with van der Waals surface area (Å²) in [7, 11) is -4.50. The Morgan fingerprint density at radius 1 is 1.25 bits per heavy atom. The third-order valence-corrected chi connectivity index (χ3v) is 5.08. The summed E-state index contributed by atoms with van der Waals surface area (Å²) in [5.74, 6) is -2.71. The number of thiocarbonyl (C=S) groups is 1. The van der Waals surface area contributed by atoms with Crippen LogP contribution in [-0.4, -0.2) is 34.9 Å². The highest BCUT2D eigenvalue weighted by Gasteiger charge is 2.56. The van der Waals surface area contributed by atoms with Gasteiger partial charge in [0.15, 0.2) is 0 Å². The molecule has 0 saturated carbocycles. The number of halogens is 3. The molecule has 20 heavy (non-hydrogen) atoms. The quantitative estimate of drug-likeness (QED) is 0.492. The Bertz CT molecular complexity index is 353. The van der Waals surface area contributed by atoms with E-state index < -0.39 is 19.6 Å². The van der Waals surface area contributed by atoms with E-state index in [-0.39, 0.29) is 22.8 Å². The molecule has 0 aliphatic rings. The van der Waals surface area contributed by atoms with Crippen LogP contribution in [0.4, 0.5) is 13.2 Å². The van der Waals surface area contributed by atoms with Crippen LogP contribution in [0.5, 0.6) is 0 Å². The van der Waals surface area contributed by atoms with Gasteiger partial charge in [0, 0.05) is 5.25 Å². The molecule has 1 unspecified atom stereocenters. The zero-order valence-electron chi connectivity index (χ0n) is 11.6. The van der Waals surface area contributed by atoms with Gasteiger partial charge in [0.25, 0.3) is 5.85 Å². The van der Waals surface area contributed by atoms with Gasteiger partial charge in [-0.25, -0.2) is 0 Å². The molecule has 0 aliphatic carbocycles. The minimum Gasteiger partial charge on any atom is -0.452 e. The zero-order chi connectivity index (χ0) is 16.0. The van der Waals surface area contributed by atoms with Crippen molar-refractivity contribution in [2.75, 3.05) is 13.2 Å². The van der Waals surface area contributed by atoms with Gasteiger partial charge in [-0.2, -0.15) is 13.2 Å². The van der Waals surface area contributed by atoms with Crippen LogP contribution >= 0.6 is 31.6 Å². The van der Waals surface area contributed by atoms with Crippen molar-refractivity contribution >= 4 is 36.0 Å². The molecule has 0 aliphatic heterocycles. The molecule has 0 radical (unpaired) electrons. The summed E-state index contributed by atoms with van der Waals surface area (Å²) in [6.45, 7) is 5.93. The van der Waals surface area contributed by atoms with Crippen molar-refractivity contribution in [1.82, 2.24) is 0 Å². The topological polar surface area (TPSA) is 44.8 Å². The maximum absolute atomic E-state index is 13.0. The fourth-order valence-electron chi connectivity index (χ4n) is 1.15. The Labute approximate surface area is 126 Å². The minimum absolute atomic E-state index is 0.0602. The first-order valence-corrected chi connectivity index (χ1v) is 8.79. The van der Waals surface area contributed by atoms with Gasteiger partial charge in [0.05, 0.1) is 13.2 Å². The first-order valence-electron chi connectivity index (χ1n) is 5.89. The lowest BCUT2D eigenvalue weighted by Gasteiger charge is -2.28. The maximum atomic E-state index is 13.0. The second-order valence-corrected chi connectivity index (χ2v) is 8.05. The van der Waals surface area contributed by atoms with Crippen molar-refractivity contribution in [3.63, 3.8) is 0 Å². The summed E-state index contributed by atoms with van der Waals surface area (Å²) in [6, 6.07) is 0. The van der Waals surface area contributed by atoms with Crippen molar-refractivity contribution in [3.05, 3.63) is 0 Å². The summed E-state index contributed by atoms with van der Waals surface area (Å²) < 4.78 is 65.0. The van der Waals surface area contributed by atoms with Gasteiger partial charge in [-0.15, -0.1) is 0 Å². The molecule has 0 saturated heterocycles. The molecule has 120 valence electrons. The van der Waals surface area contributed by atoms with E-state index in [1.807, 2.05) is 0 Å². The van der Waals surface area contributed by atoms with Crippen molar-refractivity contribution < 1.29 is 31.5 Å². The molecular formula is C10H18F3O4PS2. The predicted octanol–water partition coefficient (Wildman–Crippen LogP) is 4.58. The average molecular weight is 354 g/mol. The Balaban J connectivity index is 5.22. The second kappa shape index (κ2) is 8.58. The monoisotopic (exact) mass is 354 g/mol. The van der Waals surface area contributed by atoms with Crippen molar-refractivity contribution in [2.24, 2.45) is 0 Å². The molecule has 10 heteroatoms. The molecule has 1 atom stereocenters. The third kappa shape index (κ3) is 6.76.